The molecule has 0 radical (unpaired) electrons. The lowest BCUT2D eigenvalue weighted by molar-refractivity contribution is 0.750. The van der Waals surface area contributed by atoms with Crippen LogP contribution in [0.4, 0.5) is 11.5 Å². The number of aromatic nitrogens is 5. The minimum atomic E-state index is 0.193. The maximum atomic E-state index is 6.26. The molecule has 0 saturated carbocycles. The van der Waals surface area contributed by atoms with Crippen molar-refractivity contribution in [2.75, 3.05) is 23.7 Å². The van der Waals surface area contributed by atoms with Crippen molar-refractivity contribution in [1.82, 2.24) is 24.5 Å². The minimum absolute atomic E-state index is 0.193. The van der Waals surface area contributed by atoms with Crippen LogP contribution < -0.4 is 16.4 Å². The van der Waals surface area contributed by atoms with Gasteiger partial charge in [0.2, 0.25) is 0 Å². The van der Waals surface area contributed by atoms with E-state index in [1.165, 1.54) is 23.1 Å². The Hall–Kier alpha value is -3.52. The smallest absolute Gasteiger partial charge is 0.165 e. The molecule has 1 atom stereocenters. The number of nitrogens with zero attached hydrogens (tertiary/aromatic N) is 6. The molecule has 1 aromatic carbocycles. The van der Waals surface area contributed by atoms with Crippen LogP contribution in [-0.4, -0.2) is 43.6 Å². The lowest BCUT2D eigenvalue weighted by Crippen LogP contribution is -2.27. The van der Waals surface area contributed by atoms with Crippen molar-refractivity contribution in [1.29, 1.82) is 0 Å². The molecular formula is C23H26N8. The molecule has 8 heteroatoms. The van der Waals surface area contributed by atoms with E-state index in [0.717, 1.165) is 42.8 Å². The highest BCUT2D eigenvalue weighted by Gasteiger charge is 2.24. The summed E-state index contributed by atoms with van der Waals surface area (Å²) >= 11 is 0. The van der Waals surface area contributed by atoms with Gasteiger partial charge in [-0.15, -0.1) is 0 Å². The average Bonchev–Trinajstić information content (AvgIpc) is 3.41. The Morgan fingerprint density at radius 2 is 2.03 bits per heavy atom. The van der Waals surface area contributed by atoms with Gasteiger partial charge in [-0.1, -0.05) is 13.0 Å². The number of hydrogen-bond acceptors (Lipinski definition) is 7. The van der Waals surface area contributed by atoms with E-state index in [-0.39, 0.29) is 6.04 Å². The van der Waals surface area contributed by atoms with Gasteiger partial charge in [-0.3, -0.25) is 4.98 Å². The van der Waals surface area contributed by atoms with Crippen LogP contribution in [0.1, 0.15) is 24.5 Å². The van der Waals surface area contributed by atoms with Crippen molar-refractivity contribution in [3.05, 3.63) is 60.3 Å². The van der Waals surface area contributed by atoms with Crippen LogP contribution in [-0.2, 0) is 13.0 Å². The number of hydrogen-bond donors (Lipinski definition) is 2. The quantitative estimate of drug-likeness (QED) is 0.516. The van der Waals surface area contributed by atoms with E-state index in [1.54, 1.807) is 6.33 Å². The number of nitrogen functional groups attached to an aromatic ring is 1. The minimum Gasteiger partial charge on any atom is -0.382 e. The van der Waals surface area contributed by atoms with Crippen molar-refractivity contribution in [3.63, 3.8) is 0 Å². The second-order valence-electron chi connectivity index (χ2n) is 8.00. The highest BCUT2D eigenvalue weighted by atomic mass is 15.2. The molecule has 0 amide bonds. The Morgan fingerprint density at radius 1 is 1.13 bits per heavy atom. The number of benzene rings is 1. The van der Waals surface area contributed by atoms with Crippen LogP contribution in [0.25, 0.3) is 22.4 Å². The largest absolute Gasteiger partial charge is 0.382 e. The molecular weight excluding hydrogens is 388 g/mol. The van der Waals surface area contributed by atoms with Gasteiger partial charge in [0.1, 0.15) is 11.8 Å². The maximum Gasteiger partial charge on any atom is 0.165 e. The third-order valence-electron chi connectivity index (χ3n) is 5.98. The van der Waals surface area contributed by atoms with E-state index in [0.29, 0.717) is 17.9 Å². The van der Waals surface area contributed by atoms with Crippen LogP contribution in [0.5, 0.6) is 0 Å². The first-order valence-electron chi connectivity index (χ1n) is 10.6. The molecule has 31 heavy (non-hydrogen) atoms. The Kier molecular flexibility index (Phi) is 4.99. The monoisotopic (exact) mass is 414 g/mol. The molecule has 0 spiro atoms. The molecule has 3 aromatic heterocycles. The SMILES string of the molecule is CCc1cc(-c2ccccn2)cc(N2CCC(N)C2)c1Cn1cnc2c(N)ncnc21. The van der Waals surface area contributed by atoms with Crippen LogP contribution in [0.15, 0.2) is 49.2 Å². The third kappa shape index (κ3) is 3.59. The Morgan fingerprint density at radius 3 is 2.77 bits per heavy atom. The Labute approximate surface area is 181 Å². The lowest BCUT2D eigenvalue weighted by atomic mass is 9.97. The fraction of sp³-hybridized carbons (Fsp3) is 0.304. The molecule has 1 aliphatic rings. The van der Waals surface area contributed by atoms with Crippen molar-refractivity contribution in [3.8, 4) is 11.3 Å². The number of nitrogens with two attached hydrogens (primary N) is 2. The van der Waals surface area contributed by atoms with Crippen molar-refractivity contribution >= 4 is 22.7 Å². The van der Waals surface area contributed by atoms with Crippen molar-refractivity contribution < 1.29 is 0 Å². The first-order valence-corrected chi connectivity index (χ1v) is 10.6. The normalized spacial score (nSPS) is 16.3. The Balaban J connectivity index is 1.65. The molecule has 5 rings (SSSR count). The van der Waals surface area contributed by atoms with Crippen LogP contribution in [0.3, 0.4) is 0 Å². The summed E-state index contributed by atoms with van der Waals surface area (Å²) in [4.78, 5) is 19.9. The van der Waals surface area contributed by atoms with Gasteiger partial charge in [0.15, 0.2) is 11.5 Å². The number of pyridine rings is 1. The fourth-order valence-corrected chi connectivity index (χ4v) is 4.37. The van der Waals surface area contributed by atoms with Crippen LogP contribution >= 0.6 is 0 Å². The number of aryl methyl sites for hydroxylation is 1. The van der Waals surface area contributed by atoms with Gasteiger partial charge in [0.05, 0.1) is 18.6 Å². The zero-order valence-electron chi connectivity index (χ0n) is 17.6. The molecule has 0 bridgehead atoms. The highest BCUT2D eigenvalue weighted by molar-refractivity contribution is 5.81. The van der Waals surface area contributed by atoms with E-state index in [9.17, 15) is 0 Å². The molecule has 4 N–H and O–H groups in total. The molecule has 4 aromatic rings. The van der Waals surface area contributed by atoms with Gasteiger partial charge in [0.25, 0.3) is 0 Å². The standard InChI is InChI=1S/C23H26N8/c1-2-15-9-16(19-5-3-4-7-26-19)10-20(30-8-6-17(24)11-30)18(15)12-31-14-29-21-22(25)27-13-28-23(21)31/h3-5,7,9-10,13-14,17H,2,6,8,11-12,24H2,1H3,(H2,25,27,28). The predicted molar refractivity (Wildman–Crippen MR) is 123 cm³/mol. The maximum absolute atomic E-state index is 6.26. The highest BCUT2D eigenvalue weighted by Crippen LogP contribution is 2.34. The first-order chi connectivity index (χ1) is 15.1. The van der Waals surface area contributed by atoms with Crippen LogP contribution in [0, 0.1) is 0 Å². The molecule has 8 nitrogen and oxygen atoms in total. The van der Waals surface area contributed by atoms with E-state index >= 15 is 0 Å². The van der Waals surface area contributed by atoms with Crippen LogP contribution in [0.2, 0.25) is 0 Å². The number of anilines is 2. The van der Waals surface area contributed by atoms with E-state index in [2.05, 4.69) is 50.0 Å². The summed E-state index contributed by atoms with van der Waals surface area (Å²) in [5.74, 6) is 0.399. The summed E-state index contributed by atoms with van der Waals surface area (Å²) in [6.45, 7) is 4.64. The second kappa shape index (κ2) is 7.96. The summed E-state index contributed by atoms with van der Waals surface area (Å²) in [6, 6.07) is 10.7. The lowest BCUT2D eigenvalue weighted by Gasteiger charge is -2.25. The van der Waals surface area contributed by atoms with Crippen molar-refractivity contribution in [2.24, 2.45) is 5.73 Å². The number of imidazole rings is 1. The predicted octanol–water partition coefficient (Wildman–Crippen LogP) is 2.62. The van der Waals surface area contributed by atoms with Crippen molar-refractivity contribution in [2.45, 2.75) is 32.4 Å². The van der Waals surface area contributed by atoms with Gasteiger partial charge in [0, 0.05) is 36.6 Å². The summed E-state index contributed by atoms with van der Waals surface area (Å²) in [6.07, 6.45) is 7.02. The first kappa shape index (κ1) is 19.4. The second-order valence-corrected chi connectivity index (χ2v) is 8.00. The van der Waals surface area contributed by atoms with Gasteiger partial charge >= 0.3 is 0 Å². The molecule has 158 valence electrons. The van der Waals surface area contributed by atoms with E-state index < -0.39 is 0 Å². The molecule has 0 aliphatic carbocycles. The molecule has 1 fully saturated rings. The molecule has 4 heterocycles. The summed E-state index contributed by atoms with van der Waals surface area (Å²) < 4.78 is 2.04. The van der Waals surface area contributed by atoms with Gasteiger partial charge in [-0.2, -0.15) is 0 Å². The molecule has 1 unspecified atom stereocenters. The molecule has 1 aliphatic heterocycles. The third-order valence-corrected chi connectivity index (χ3v) is 5.98. The zero-order chi connectivity index (χ0) is 21.4. The number of rotatable bonds is 5. The summed E-state index contributed by atoms with van der Waals surface area (Å²) in [7, 11) is 0. The summed E-state index contributed by atoms with van der Waals surface area (Å²) in [5.41, 5.74) is 19.5. The van der Waals surface area contributed by atoms with Gasteiger partial charge < -0.3 is 20.9 Å². The summed E-state index contributed by atoms with van der Waals surface area (Å²) in [5, 5.41) is 0. The van der Waals surface area contributed by atoms with Gasteiger partial charge in [-0.05, 0) is 48.2 Å². The van der Waals surface area contributed by atoms with E-state index in [1.807, 2.05) is 22.9 Å². The zero-order valence-corrected chi connectivity index (χ0v) is 17.6. The topological polar surface area (TPSA) is 112 Å². The fourth-order valence-electron chi connectivity index (χ4n) is 4.37. The molecule has 1 saturated heterocycles. The Bertz CT molecular complexity index is 1220. The van der Waals surface area contributed by atoms with Gasteiger partial charge in [-0.25, -0.2) is 15.0 Å². The number of fused-ring (bicyclic) bond motifs is 1. The average molecular weight is 415 g/mol. The van der Waals surface area contributed by atoms with E-state index in [4.69, 9.17) is 11.5 Å².